The summed E-state index contributed by atoms with van der Waals surface area (Å²) in [6.07, 6.45) is 0. The summed E-state index contributed by atoms with van der Waals surface area (Å²) < 4.78 is 0. The zero-order valence-corrected chi connectivity index (χ0v) is 13.4. The first-order valence-corrected chi connectivity index (χ1v) is 0. The van der Waals surface area contributed by atoms with E-state index in [2.05, 4.69) is 0 Å². The summed E-state index contributed by atoms with van der Waals surface area (Å²) in [5, 5.41) is 0. The molecule has 0 saturated heterocycles. The van der Waals surface area contributed by atoms with Gasteiger partial charge in [0.15, 0.2) is 0 Å². The van der Waals surface area contributed by atoms with Crippen molar-refractivity contribution in [3.63, 3.8) is 0 Å². The van der Waals surface area contributed by atoms with Gasteiger partial charge in [-0.3, -0.25) is 0 Å². The van der Waals surface area contributed by atoms with Gasteiger partial charge in [0.1, 0.15) is 0 Å². The molecule has 0 rings (SSSR count). The quantitative estimate of drug-likeness (QED) is 0.284. The van der Waals surface area contributed by atoms with Gasteiger partial charge in [-0.2, -0.15) is 0 Å². The maximum absolute atomic E-state index is 0. The van der Waals surface area contributed by atoms with Crippen LogP contribution in [0.4, 0.5) is 0 Å². The van der Waals surface area contributed by atoms with Crippen LogP contribution >= 0.6 is 0 Å². The Morgan fingerprint density at radius 1 is 0.750 bits per heavy atom. The van der Waals surface area contributed by atoms with Crippen LogP contribution < -0.4 is 173 Å². The van der Waals surface area contributed by atoms with Gasteiger partial charge in [0.2, 0.25) is 0 Å². The minimum Gasteiger partial charge on any atom is -1.00 e. The molecule has 0 saturated carbocycles. The Bertz CT molecular complexity index is 11.2. The minimum atomic E-state index is 0. The van der Waals surface area contributed by atoms with E-state index in [-0.39, 0.29) is 179 Å². The van der Waals surface area contributed by atoms with Crippen LogP contribution in [0.2, 0.25) is 0 Å². The Kier molecular flexibility index (Phi) is 89.7. The Morgan fingerprint density at radius 3 is 0.750 bits per heavy atom. The molecule has 0 spiro atoms. The molecule has 0 atom stereocenters. The van der Waals surface area contributed by atoms with Crippen LogP contribution in [0.3, 0.4) is 0 Å². The fourth-order valence-corrected chi connectivity index (χ4v) is 0. The van der Waals surface area contributed by atoms with E-state index in [0.717, 1.165) is 0 Å². The van der Waals surface area contributed by atoms with Crippen molar-refractivity contribution in [2.24, 2.45) is 0 Å². The van der Waals surface area contributed by atoms with Crippen molar-refractivity contribution >= 4 is 0 Å². The molecule has 0 amide bonds. The van der Waals surface area contributed by atoms with Crippen molar-refractivity contribution < 1.29 is 179 Å². The van der Waals surface area contributed by atoms with Crippen LogP contribution in [0.25, 0.3) is 0 Å². The van der Waals surface area contributed by atoms with Crippen LogP contribution in [0.15, 0.2) is 0 Å². The summed E-state index contributed by atoms with van der Waals surface area (Å²) in [5.41, 5.74) is 0. The van der Waals surface area contributed by atoms with E-state index in [9.17, 15) is 0 Å². The van der Waals surface area contributed by atoms with Crippen molar-refractivity contribution in [1.29, 1.82) is 0 Å². The first-order chi connectivity index (χ1) is 0. The van der Waals surface area contributed by atoms with E-state index in [1.165, 1.54) is 0 Å². The fourth-order valence-electron chi connectivity index (χ4n) is 0. The standard InChI is InChI=1S/3K.Li.4H/q4*+1;4*-1. The molecule has 4 heavy (non-hydrogen) atoms. The summed E-state index contributed by atoms with van der Waals surface area (Å²) in [5.74, 6) is 0. The third-order valence-corrected chi connectivity index (χ3v) is 0. The van der Waals surface area contributed by atoms with Gasteiger partial charge in [0, 0.05) is 0 Å². The molecule has 0 fully saturated rings. The molecule has 0 aliphatic heterocycles. The van der Waals surface area contributed by atoms with Crippen LogP contribution in [-0.2, 0) is 0 Å². The van der Waals surface area contributed by atoms with Crippen molar-refractivity contribution in [3.05, 3.63) is 0 Å². The zero-order valence-electron chi connectivity index (χ0n) is 8.00. The predicted octanol–water partition coefficient (Wildman–Crippen LogP) is -11.5. The van der Waals surface area contributed by atoms with E-state index in [1.807, 2.05) is 0 Å². The van der Waals surface area contributed by atoms with Crippen LogP contribution in [-0.4, -0.2) is 0 Å². The topological polar surface area (TPSA) is 0 Å². The van der Waals surface area contributed by atoms with E-state index in [4.69, 9.17) is 0 Å². The molecule has 0 aromatic rings. The predicted molar refractivity (Wildman–Crippen MR) is 4.45 cm³/mol. The largest absolute Gasteiger partial charge is 1.00 e. The maximum atomic E-state index is 0. The van der Waals surface area contributed by atoms with Gasteiger partial charge in [-0.25, -0.2) is 0 Å². The SMILES string of the molecule is [H-].[H-].[H-].[H-].[K+].[K+].[K+].[Li+]. The summed E-state index contributed by atoms with van der Waals surface area (Å²) >= 11 is 0. The molecule has 0 aliphatic carbocycles. The summed E-state index contributed by atoms with van der Waals surface area (Å²) in [7, 11) is 0. The number of hydrogen-bond donors (Lipinski definition) is 0. The Labute approximate surface area is 172 Å². The average molecular weight is 128 g/mol. The normalized spacial score (nSPS) is 0. The molecule has 0 aromatic heterocycles. The first-order valence-electron chi connectivity index (χ1n) is 0. The van der Waals surface area contributed by atoms with Gasteiger partial charge in [-0.05, 0) is 0 Å². The Morgan fingerprint density at radius 2 is 0.750 bits per heavy atom. The van der Waals surface area contributed by atoms with Gasteiger partial charge in [-0.1, -0.05) is 0 Å². The summed E-state index contributed by atoms with van der Waals surface area (Å²) in [4.78, 5) is 0. The van der Waals surface area contributed by atoms with Crippen molar-refractivity contribution in [2.45, 2.75) is 0 Å². The van der Waals surface area contributed by atoms with Gasteiger partial charge >= 0.3 is 173 Å². The van der Waals surface area contributed by atoms with E-state index in [0.29, 0.717) is 0 Å². The van der Waals surface area contributed by atoms with Crippen LogP contribution in [0.1, 0.15) is 5.71 Å². The number of rotatable bonds is 0. The third-order valence-electron chi connectivity index (χ3n) is 0. The molecule has 0 radical (unpaired) electrons. The van der Waals surface area contributed by atoms with Crippen LogP contribution in [0.5, 0.6) is 0 Å². The molecule has 0 nitrogen and oxygen atoms in total. The first kappa shape index (κ1) is 22.7. The Balaban J connectivity index is 0. The van der Waals surface area contributed by atoms with E-state index in [1.54, 1.807) is 0 Å². The van der Waals surface area contributed by atoms with Gasteiger partial charge < -0.3 is 5.71 Å². The number of hydrogen-bond acceptors (Lipinski definition) is 0. The molecule has 0 heterocycles. The zero-order chi connectivity index (χ0) is 0. The molecule has 0 aliphatic rings. The van der Waals surface area contributed by atoms with Crippen LogP contribution in [0, 0.1) is 0 Å². The van der Waals surface area contributed by atoms with Crippen molar-refractivity contribution in [2.75, 3.05) is 0 Å². The monoisotopic (exact) mass is 128 g/mol. The minimum absolute atomic E-state index is 0. The molecular formula is H4K3Li. The molecule has 0 aromatic carbocycles. The Hall–Kier alpha value is 5.51. The van der Waals surface area contributed by atoms with E-state index >= 15 is 0 Å². The van der Waals surface area contributed by atoms with Gasteiger partial charge in [0.05, 0.1) is 0 Å². The second-order valence-electron chi connectivity index (χ2n) is 0. The average Bonchev–Trinajstić information content (AvgIpc) is 0. The molecule has 0 bridgehead atoms. The summed E-state index contributed by atoms with van der Waals surface area (Å²) in [6.45, 7) is 0. The second-order valence-corrected chi connectivity index (χ2v) is 0. The van der Waals surface area contributed by atoms with Crippen molar-refractivity contribution in [1.82, 2.24) is 0 Å². The molecule has 8 valence electrons. The molecule has 4 heteroatoms. The van der Waals surface area contributed by atoms with Gasteiger partial charge in [0.25, 0.3) is 0 Å². The van der Waals surface area contributed by atoms with Gasteiger partial charge in [-0.15, -0.1) is 0 Å². The molecular weight excluding hydrogens is 124 g/mol. The third kappa shape index (κ3) is 10.5. The molecule has 0 N–H and O–H groups in total. The fraction of sp³-hybridized carbons (Fsp3) is 0. The van der Waals surface area contributed by atoms with Crippen molar-refractivity contribution in [3.8, 4) is 0 Å². The van der Waals surface area contributed by atoms with E-state index < -0.39 is 0 Å². The smallest absolute Gasteiger partial charge is 1.00 e. The molecule has 0 unspecified atom stereocenters. The second kappa shape index (κ2) is 15.8. The maximum Gasteiger partial charge on any atom is 1.00 e. The summed E-state index contributed by atoms with van der Waals surface area (Å²) in [6, 6.07) is 0.